The van der Waals surface area contributed by atoms with Crippen molar-refractivity contribution in [2.24, 2.45) is 0 Å². The molecule has 19 heavy (non-hydrogen) atoms. The highest BCUT2D eigenvalue weighted by Crippen LogP contribution is 2.09. The molecule has 2 aromatic heterocycles. The van der Waals surface area contributed by atoms with Crippen LogP contribution in [0.15, 0.2) is 47.8 Å². The fourth-order valence-electron chi connectivity index (χ4n) is 1.80. The Kier molecular flexibility index (Phi) is 3.62. The topological polar surface area (TPSA) is 55.6 Å². The predicted molar refractivity (Wildman–Crippen MR) is 74.0 cm³/mol. The summed E-state index contributed by atoms with van der Waals surface area (Å²) in [6.07, 6.45) is 0. The van der Waals surface area contributed by atoms with Crippen molar-refractivity contribution in [2.75, 3.05) is 0 Å². The van der Waals surface area contributed by atoms with Crippen molar-refractivity contribution in [1.82, 2.24) is 25.5 Å². The molecule has 0 fully saturated rings. The quantitative estimate of drug-likeness (QED) is 0.771. The molecule has 0 spiro atoms. The summed E-state index contributed by atoms with van der Waals surface area (Å²) >= 11 is 1.74. The van der Waals surface area contributed by atoms with E-state index >= 15 is 0 Å². The Hall–Kier alpha value is -2.05. The first-order chi connectivity index (χ1) is 9.43. The van der Waals surface area contributed by atoms with Crippen LogP contribution in [0.25, 0.3) is 5.69 Å². The number of benzene rings is 1. The Balaban J connectivity index is 1.67. The van der Waals surface area contributed by atoms with Crippen LogP contribution in [0, 0.1) is 0 Å². The molecule has 0 saturated heterocycles. The van der Waals surface area contributed by atoms with Crippen LogP contribution >= 0.6 is 11.3 Å². The van der Waals surface area contributed by atoms with E-state index in [0.29, 0.717) is 6.54 Å². The van der Waals surface area contributed by atoms with E-state index in [2.05, 4.69) is 38.4 Å². The van der Waals surface area contributed by atoms with Crippen molar-refractivity contribution < 1.29 is 0 Å². The highest BCUT2D eigenvalue weighted by atomic mass is 32.1. The maximum atomic E-state index is 4.05. The van der Waals surface area contributed by atoms with Gasteiger partial charge < -0.3 is 5.32 Å². The molecule has 5 nitrogen and oxygen atoms in total. The first kappa shape index (κ1) is 12.0. The molecule has 0 amide bonds. The number of hydrogen-bond donors (Lipinski definition) is 1. The minimum atomic E-state index is 0.639. The number of tetrazole rings is 1. The lowest BCUT2D eigenvalue weighted by atomic mass is 10.3. The number of aromatic nitrogens is 4. The largest absolute Gasteiger partial charge is 0.305 e. The number of rotatable bonds is 5. The van der Waals surface area contributed by atoms with Gasteiger partial charge in [-0.3, -0.25) is 0 Å². The van der Waals surface area contributed by atoms with Crippen molar-refractivity contribution in [3.8, 4) is 5.69 Å². The highest BCUT2D eigenvalue weighted by Gasteiger charge is 2.07. The van der Waals surface area contributed by atoms with E-state index < -0.39 is 0 Å². The molecule has 0 aliphatic rings. The molecule has 96 valence electrons. The number of nitrogens with zero attached hydrogens (tertiary/aromatic N) is 4. The lowest BCUT2D eigenvalue weighted by Crippen LogP contribution is -2.16. The van der Waals surface area contributed by atoms with E-state index in [1.54, 1.807) is 16.0 Å². The van der Waals surface area contributed by atoms with Crippen molar-refractivity contribution in [2.45, 2.75) is 13.1 Å². The lowest BCUT2D eigenvalue weighted by Gasteiger charge is -2.05. The number of hydrogen-bond acceptors (Lipinski definition) is 5. The van der Waals surface area contributed by atoms with Crippen molar-refractivity contribution in [3.63, 3.8) is 0 Å². The number of nitrogens with one attached hydrogen (secondary N) is 1. The van der Waals surface area contributed by atoms with Gasteiger partial charge in [0.1, 0.15) is 0 Å². The third-order valence-electron chi connectivity index (χ3n) is 2.70. The van der Waals surface area contributed by atoms with Gasteiger partial charge in [-0.2, -0.15) is 4.68 Å². The van der Waals surface area contributed by atoms with E-state index in [1.165, 1.54) is 4.88 Å². The van der Waals surface area contributed by atoms with Gasteiger partial charge in [0, 0.05) is 11.4 Å². The Bertz CT molecular complexity index is 618. The van der Waals surface area contributed by atoms with Crippen molar-refractivity contribution in [1.29, 1.82) is 0 Å². The summed E-state index contributed by atoms with van der Waals surface area (Å²) in [7, 11) is 0. The third-order valence-corrected chi connectivity index (χ3v) is 3.57. The van der Waals surface area contributed by atoms with Gasteiger partial charge in [-0.25, -0.2) is 0 Å². The first-order valence-electron chi connectivity index (χ1n) is 5.99. The lowest BCUT2D eigenvalue weighted by molar-refractivity contribution is 0.646. The minimum absolute atomic E-state index is 0.639. The maximum Gasteiger partial charge on any atom is 0.170 e. The second-order valence-electron chi connectivity index (χ2n) is 4.03. The van der Waals surface area contributed by atoms with Crippen molar-refractivity contribution in [3.05, 3.63) is 58.5 Å². The van der Waals surface area contributed by atoms with Gasteiger partial charge in [0.15, 0.2) is 5.82 Å². The summed E-state index contributed by atoms with van der Waals surface area (Å²) in [6, 6.07) is 14.0. The summed E-state index contributed by atoms with van der Waals surface area (Å²) in [6.45, 7) is 1.47. The van der Waals surface area contributed by atoms with Gasteiger partial charge in [0.05, 0.1) is 12.2 Å². The van der Waals surface area contributed by atoms with Gasteiger partial charge in [0.2, 0.25) is 0 Å². The van der Waals surface area contributed by atoms with Gasteiger partial charge in [-0.1, -0.05) is 24.3 Å². The molecular formula is C13H13N5S. The average molecular weight is 271 g/mol. The number of para-hydroxylation sites is 1. The van der Waals surface area contributed by atoms with Crippen LogP contribution in [0.2, 0.25) is 0 Å². The summed E-state index contributed by atoms with van der Waals surface area (Å²) in [4.78, 5) is 1.30. The van der Waals surface area contributed by atoms with Crippen LogP contribution in [-0.4, -0.2) is 20.2 Å². The van der Waals surface area contributed by atoms with E-state index in [4.69, 9.17) is 0 Å². The van der Waals surface area contributed by atoms with Gasteiger partial charge >= 0.3 is 0 Å². The summed E-state index contributed by atoms with van der Waals surface area (Å²) < 4.78 is 1.75. The second kappa shape index (κ2) is 5.73. The average Bonchev–Trinajstić information content (AvgIpc) is 3.11. The molecule has 0 radical (unpaired) electrons. The van der Waals surface area contributed by atoms with Crippen LogP contribution in [0.5, 0.6) is 0 Å². The molecule has 0 saturated carbocycles. The van der Waals surface area contributed by atoms with Crippen LogP contribution in [0.1, 0.15) is 10.7 Å². The number of thiophene rings is 1. The summed E-state index contributed by atoms with van der Waals surface area (Å²) in [5, 5.41) is 17.2. The Morgan fingerprint density at radius 2 is 1.95 bits per heavy atom. The van der Waals surface area contributed by atoms with E-state index in [9.17, 15) is 0 Å². The molecular weight excluding hydrogens is 258 g/mol. The summed E-state index contributed by atoms with van der Waals surface area (Å²) in [5.74, 6) is 0.808. The van der Waals surface area contributed by atoms with E-state index in [1.807, 2.05) is 30.3 Å². The van der Waals surface area contributed by atoms with Crippen molar-refractivity contribution >= 4 is 11.3 Å². The predicted octanol–water partition coefficient (Wildman–Crippen LogP) is 2.01. The first-order valence-corrected chi connectivity index (χ1v) is 6.87. The van der Waals surface area contributed by atoms with Crippen LogP contribution in [-0.2, 0) is 13.1 Å². The highest BCUT2D eigenvalue weighted by molar-refractivity contribution is 7.09. The molecule has 3 rings (SSSR count). The zero-order valence-electron chi connectivity index (χ0n) is 10.2. The van der Waals surface area contributed by atoms with Crippen LogP contribution in [0.3, 0.4) is 0 Å². The van der Waals surface area contributed by atoms with Crippen LogP contribution in [0.4, 0.5) is 0 Å². The molecule has 1 aromatic carbocycles. The van der Waals surface area contributed by atoms with Gasteiger partial charge in [-0.15, -0.1) is 16.4 Å². The molecule has 0 unspecified atom stereocenters. The molecule has 0 bridgehead atoms. The smallest absolute Gasteiger partial charge is 0.170 e. The normalized spacial score (nSPS) is 10.7. The SMILES string of the molecule is c1ccc(-n2nnnc2CNCc2cccs2)cc1. The molecule has 0 aliphatic heterocycles. The molecule has 0 atom stereocenters. The van der Waals surface area contributed by atoms with E-state index in [0.717, 1.165) is 18.1 Å². The fraction of sp³-hybridized carbons (Fsp3) is 0.154. The third kappa shape index (κ3) is 2.86. The zero-order chi connectivity index (χ0) is 12.9. The molecule has 0 aliphatic carbocycles. The molecule has 6 heteroatoms. The van der Waals surface area contributed by atoms with Gasteiger partial charge in [-0.05, 0) is 34.0 Å². The Morgan fingerprint density at radius 3 is 2.74 bits per heavy atom. The standard InChI is InChI=1S/C13H13N5S/c1-2-5-11(6-3-1)18-13(15-16-17-18)10-14-9-12-7-4-8-19-12/h1-8,14H,9-10H2. The second-order valence-corrected chi connectivity index (χ2v) is 5.06. The van der Waals surface area contributed by atoms with E-state index in [-0.39, 0.29) is 0 Å². The minimum Gasteiger partial charge on any atom is -0.305 e. The summed E-state index contributed by atoms with van der Waals surface area (Å²) in [5.41, 5.74) is 0.973. The van der Waals surface area contributed by atoms with Crippen LogP contribution < -0.4 is 5.32 Å². The van der Waals surface area contributed by atoms with Gasteiger partial charge in [0.25, 0.3) is 0 Å². The maximum absolute atomic E-state index is 4.05. The molecule has 3 aromatic rings. The molecule has 1 N–H and O–H groups in total. The fourth-order valence-corrected chi connectivity index (χ4v) is 2.47. The monoisotopic (exact) mass is 271 g/mol. The molecule has 2 heterocycles. The zero-order valence-corrected chi connectivity index (χ0v) is 11.0. The Morgan fingerprint density at radius 1 is 1.05 bits per heavy atom. The Labute approximate surface area is 114 Å².